The second-order valence-electron chi connectivity index (χ2n) is 4.13. The minimum atomic E-state index is 0.790. The molecule has 3 nitrogen and oxygen atoms in total. The van der Waals surface area contributed by atoms with Crippen LogP contribution in [0.25, 0.3) is 0 Å². The van der Waals surface area contributed by atoms with Crippen LogP contribution in [0, 0.1) is 0 Å². The zero-order valence-corrected chi connectivity index (χ0v) is 10.2. The van der Waals surface area contributed by atoms with Gasteiger partial charge < -0.3 is 10.2 Å². The largest absolute Gasteiger partial charge is 0.379 e. The first kappa shape index (κ1) is 11.5. The molecule has 0 atom stereocenters. The predicted octanol–water partition coefficient (Wildman–Crippen LogP) is 2.76. The lowest BCUT2D eigenvalue weighted by molar-refractivity contribution is 1.09. The molecule has 0 radical (unpaired) electrons. The molecule has 0 unspecified atom stereocenters. The fraction of sp³-hybridized carbons (Fsp3) is 0.214. The van der Waals surface area contributed by atoms with Crippen LogP contribution in [-0.4, -0.2) is 19.1 Å². The highest BCUT2D eigenvalue weighted by Gasteiger charge is 2.02. The van der Waals surface area contributed by atoms with Crippen molar-refractivity contribution < 1.29 is 0 Å². The SMILES string of the molecule is CN(C)c1ccccc1NCc1cccnc1. The Morgan fingerprint density at radius 1 is 1.12 bits per heavy atom. The van der Waals surface area contributed by atoms with E-state index in [-0.39, 0.29) is 0 Å². The lowest BCUT2D eigenvalue weighted by Crippen LogP contribution is -2.12. The summed E-state index contributed by atoms with van der Waals surface area (Å²) in [6.07, 6.45) is 3.67. The van der Waals surface area contributed by atoms with Crippen molar-refractivity contribution >= 4 is 11.4 Å². The van der Waals surface area contributed by atoms with Gasteiger partial charge in [0.2, 0.25) is 0 Å². The van der Waals surface area contributed by atoms with Crippen molar-refractivity contribution in [2.24, 2.45) is 0 Å². The van der Waals surface area contributed by atoms with E-state index in [1.807, 2.05) is 38.5 Å². The first-order valence-corrected chi connectivity index (χ1v) is 5.66. The van der Waals surface area contributed by atoms with Gasteiger partial charge in [0.25, 0.3) is 0 Å². The number of hydrogen-bond acceptors (Lipinski definition) is 3. The van der Waals surface area contributed by atoms with Crippen molar-refractivity contribution in [3.8, 4) is 0 Å². The molecule has 0 bridgehead atoms. The molecular weight excluding hydrogens is 210 g/mol. The molecule has 1 heterocycles. The lowest BCUT2D eigenvalue weighted by atomic mass is 10.2. The first-order valence-electron chi connectivity index (χ1n) is 5.66. The number of rotatable bonds is 4. The molecule has 1 N–H and O–H groups in total. The quantitative estimate of drug-likeness (QED) is 0.870. The Labute approximate surface area is 102 Å². The molecule has 1 aromatic carbocycles. The number of nitrogens with one attached hydrogen (secondary N) is 1. The van der Waals surface area contributed by atoms with Gasteiger partial charge in [-0.25, -0.2) is 0 Å². The minimum absolute atomic E-state index is 0.790. The van der Waals surface area contributed by atoms with E-state index in [2.05, 4.69) is 33.4 Å². The highest BCUT2D eigenvalue weighted by Crippen LogP contribution is 2.23. The van der Waals surface area contributed by atoms with Gasteiger partial charge in [0.1, 0.15) is 0 Å². The Bertz CT molecular complexity index is 466. The van der Waals surface area contributed by atoms with E-state index in [4.69, 9.17) is 0 Å². The molecule has 2 aromatic rings. The van der Waals surface area contributed by atoms with Crippen LogP contribution in [0.15, 0.2) is 48.8 Å². The van der Waals surface area contributed by atoms with Crippen LogP contribution in [0.5, 0.6) is 0 Å². The normalized spacial score (nSPS) is 10.0. The number of aromatic nitrogens is 1. The molecule has 0 spiro atoms. The monoisotopic (exact) mass is 227 g/mol. The summed E-state index contributed by atoms with van der Waals surface area (Å²) in [5.74, 6) is 0. The maximum absolute atomic E-state index is 4.10. The highest BCUT2D eigenvalue weighted by molar-refractivity contribution is 5.69. The Morgan fingerprint density at radius 3 is 2.65 bits per heavy atom. The molecule has 17 heavy (non-hydrogen) atoms. The molecule has 88 valence electrons. The van der Waals surface area contributed by atoms with Gasteiger partial charge in [-0.3, -0.25) is 4.98 Å². The van der Waals surface area contributed by atoms with E-state index in [0.717, 1.165) is 12.2 Å². The Morgan fingerprint density at radius 2 is 1.94 bits per heavy atom. The van der Waals surface area contributed by atoms with E-state index in [0.29, 0.717) is 0 Å². The van der Waals surface area contributed by atoms with Crippen LogP contribution < -0.4 is 10.2 Å². The Hall–Kier alpha value is -2.03. The average molecular weight is 227 g/mol. The van der Waals surface area contributed by atoms with Gasteiger partial charge in [-0.1, -0.05) is 18.2 Å². The smallest absolute Gasteiger partial charge is 0.0596 e. The standard InChI is InChI=1S/C14H17N3/c1-17(2)14-8-4-3-7-13(14)16-11-12-6-5-9-15-10-12/h3-10,16H,11H2,1-2H3. The number of hydrogen-bond donors (Lipinski definition) is 1. The number of anilines is 2. The van der Waals surface area contributed by atoms with E-state index in [1.54, 1.807) is 6.20 Å². The molecule has 0 saturated heterocycles. The molecule has 0 aliphatic carbocycles. The first-order chi connectivity index (χ1) is 8.27. The van der Waals surface area contributed by atoms with Gasteiger partial charge in [-0.2, -0.15) is 0 Å². The summed E-state index contributed by atoms with van der Waals surface area (Å²) in [6, 6.07) is 12.3. The van der Waals surface area contributed by atoms with Gasteiger partial charge in [-0.15, -0.1) is 0 Å². The van der Waals surface area contributed by atoms with Crippen LogP contribution >= 0.6 is 0 Å². The zero-order chi connectivity index (χ0) is 12.1. The molecular formula is C14H17N3. The third kappa shape index (κ3) is 2.97. The molecule has 3 heteroatoms. The minimum Gasteiger partial charge on any atom is -0.379 e. The molecule has 0 saturated carbocycles. The predicted molar refractivity (Wildman–Crippen MR) is 72.3 cm³/mol. The Balaban J connectivity index is 2.09. The van der Waals surface area contributed by atoms with Crippen LogP contribution in [0.1, 0.15) is 5.56 Å². The summed E-state index contributed by atoms with van der Waals surface area (Å²) in [4.78, 5) is 6.21. The molecule has 1 aromatic heterocycles. The summed E-state index contributed by atoms with van der Waals surface area (Å²) in [5.41, 5.74) is 3.51. The number of benzene rings is 1. The zero-order valence-electron chi connectivity index (χ0n) is 10.2. The van der Waals surface area contributed by atoms with Gasteiger partial charge >= 0.3 is 0 Å². The summed E-state index contributed by atoms with van der Waals surface area (Å²) < 4.78 is 0. The Kier molecular flexibility index (Phi) is 3.60. The van der Waals surface area contributed by atoms with Gasteiger partial charge in [-0.05, 0) is 23.8 Å². The maximum atomic E-state index is 4.10. The number of nitrogens with zero attached hydrogens (tertiary/aromatic N) is 2. The molecule has 2 rings (SSSR count). The van der Waals surface area contributed by atoms with E-state index in [9.17, 15) is 0 Å². The maximum Gasteiger partial charge on any atom is 0.0596 e. The van der Waals surface area contributed by atoms with Crippen LogP contribution in [0.4, 0.5) is 11.4 Å². The van der Waals surface area contributed by atoms with Gasteiger partial charge in [0.05, 0.1) is 11.4 Å². The van der Waals surface area contributed by atoms with Crippen LogP contribution in [-0.2, 0) is 6.54 Å². The second kappa shape index (κ2) is 5.34. The summed E-state index contributed by atoms with van der Waals surface area (Å²) in [6.45, 7) is 0.790. The molecule has 0 aliphatic heterocycles. The second-order valence-corrected chi connectivity index (χ2v) is 4.13. The third-order valence-electron chi connectivity index (χ3n) is 2.59. The van der Waals surface area contributed by atoms with Crippen molar-refractivity contribution in [3.05, 3.63) is 54.4 Å². The fourth-order valence-electron chi connectivity index (χ4n) is 1.71. The van der Waals surface area contributed by atoms with Gasteiger partial charge in [0, 0.05) is 33.0 Å². The summed E-state index contributed by atoms with van der Waals surface area (Å²) in [7, 11) is 4.09. The van der Waals surface area contributed by atoms with E-state index < -0.39 is 0 Å². The number of para-hydroxylation sites is 2. The summed E-state index contributed by atoms with van der Waals surface area (Å²) >= 11 is 0. The number of pyridine rings is 1. The van der Waals surface area contributed by atoms with Crippen LogP contribution in [0.2, 0.25) is 0 Å². The van der Waals surface area contributed by atoms with Crippen molar-refractivity contribution in [3.63, 3.8) is 0 Å². The van der Waals surface area contributed by atoms with E-state index >= 15 is 0 Å². The van der Waals surface area contributed by atoms with Crippen molar-refractivity contribution in [2.45, 2.75) is 6.54 Å². The van der Waals surface area contributed by atoms with Crippen LogP contribution in [0.3, 0.4) is 0 Å². The lowest BCUT2D eigenvalue weighted by Gasteiger charge is -2.18. The fourth-order valence-corrected chi connectivity index (χ4v) is 1.71. The van der Waals surface area contributed by atoms with E-state index in [1.165, 1.54) is 11.3 Å². The highest BCUT2D eigenvalue weighted by atomic mass is 15.1. The van der Waals surface area contributed by atoms with Gasteiger partial charge in [0.15, 0.2) is 0 Å². The average Bonchev–Trinajstić information content (AvgIpc) is 2.38. The molecule has 0 aliphatic rings. The third-order valence-corrected chi connectivity index (χ3v) is 2.59. The molecule has 0 fully saturated rings. The van der Waals surface area contributed by atoms with Crippen molar-refractivity contribution in [2.75, 3.05) is 24.3 Å². The molecule has 0 amide bonds. The van der Waals surface area contributed by atoms with Crippen molar-refractivity contribution in [1.82, 2.24) is 4.98 Å². The van der Waals surface area contributed by atoms with Crippen molar-refractivity contribution in [1.29, 1.82) is 0 Å². The summed E-state index contributed by atoms with van der Waals surface area (Å²) in [5, 5.41) is 3.43. The topological polar surface area (TPSA) is 28.2 Å².